The number of nitrogens with zero attached hydrogens (tertiary/aromatic N) is 4. The van der Waals surface area contributed by atoms with E-state index in [1.807, 2.05) is 0 Å². The number of hydrogen-bond acceptors (Lipinski definition) is 6. The van der Waals surface area contributed by atoms with Crippen LogP contribution in [-0.4, -0.2) is 25.8 Å². The van der Waals surface area contributed by atoms with E-state index in [1.165, 1.54) is 11.0 Å². The highest BCUT2D eigenvalue weighted by Crippen LogP contribution is 2.00. The Balaban J connectivity index is 1.82. The maximum atomic E-state index is 11.5. The van der Waals surface area contributed by atoms with Gasteiger partial charge in [0.15, 0.2) is 0 Å². The van der Waals surface area contributed by atoms with Crippen LogP contribution < -0.4 is 11.1 Å². The first-order valence-corrected chi connectivity index (χ1v) is 4.97. The van der Waals surface area contributed by atoms with Crippen LogP contribution in [0.2, 0.25) is 0 Å². The van der Waals surface area contributed by atoms with Crippen molar-refractivity contribution in [1.82, 2.24) is 25.2 Å². The van der Waals surface area contributed by atoms with Crippen LogP contribution in [0.15, 0.2) is 16.9 Å². The molecule has 0 aliphatic heterocycles. The Bertz CT molecular complexity index is 517. The Morgan fingerprint density at radius 1 is 1.65 bits per heavy atom. The number of amides is 1. The first kappa shape index (κ1) is 11.1. The molecule has 0 aliphatic carbocycles. The summed E-state index contributed by atoms with van der Waals surface area (Å²) in [7, 11) is 0. The van der Waals surface area contributed by atoms with Gasteiger partial charge in [-0.05, 0) is 6.92 Å². The van der Waals surface area contributed by atoms with E-state index in [4.69, 9.17) is 10.3 Å². The average Bonchev–Trinajstić information content (AvgIpc) is 2.85. The summed E-state index contributed by atoms with van der Waals surface area (Å²) in [5, 5.41) is 10.2. The van der Waals surface area contributed by atoms with E-state index >= 15 is 0 Å². The van der Waals surface area contributed by atoms with E-state index < -0.39 is 0 Å². The quantitative estimate of drug-likeness (QED) is 0.738. The molecule has 90 valence electrons. The number of rotatable bonds is 4. The van der Waals surface area contributed by atoms with Crippen LogP contribution >= 0.6 is 0 Å². The van der Waals surface area contributed by atoms with E-state index in [0.717, 1.165) is 0 Å². The number of aryl methyl sites for hydroxylation is 1. The monoisotopic (exact) mass is 236 g/mol. The zero-order chi connectivity index (χ0) is 12.3. The summed E-state index contributed by atoms with van der Waals surface area (Å²) in [5.74, 6) is 0.652. The molecular weight excluding hydrogens is 224 g/mol. The first-order chi connectivity index (χ1) is 8.13. The standard InChI is InChI=1S/C9H12N6O2/c1-6-2-7(14-17-6)3-11-8(16)4-15-5-12-9(10)13-15/h2,5H,3-4H2,1H3,(H2,10,13)(H,11,16). The first-order valence-electron chi connectivity index (χ1n) is 4.97. The highest BCUT2D eigenvalue weighted by Gasteiger charge is 2.06. The van der Waals surface area contributed by atoms with Crippen molar-refractivity contribution in [1.29, 1.82) is 0 Å². The number of anilines is 1. The van der Waals surface area contributed by atoms with Gasteiger partial charge in [0.1, 0.15) is 24.3 Å². The fraction of sp³-hybridized carbons (Fsp3) is 0.333. The van der Waals surface area contributed by atoms with Crippen LogP contribution in [0.1, 0.15) is 11.5 Å². The Labute approximate surface area is 96.8 Å². The Kier molecular flexibility index (Phi) is 3.03. The smallest absolute Gasteiger partial charge is 0.242 e. The zero-order valence-corrected chi connectivity index (χ0v) is 9.25. The molecule has 8 nitrogen and oxygen atoms in total. The minimum absolute atomic E-state index is 0.0705. The minimum Gasteiger partial charge on any atom is -0.367 e. The molecule has 0 saturated heterocycles. The van der Waals surface area contributed by atoms with Gasteiger partial charge in [0, 0.05) is 6.07 Å². The molecule has 0 unspecified atom stereocenters. The van der Waals surface area contributed by atoms with E-state index in [0.29, 0.717) is 18.0 Å². The van der Waals surface area contributed by atoms with Crippen molar-refractivity contribution in [2.45, 2.75) is 20.0 Å². The van der Waals surface area contributed by atoms with Crippen molar-refractivity contribution in [3.8, 4) is 0 Å². The van der Waals surface area contributed by atoms with Crippen molar-refractivity contribution < 1.29 is 9.32 Å². The normalized spacial score (nSPS) is 10.4. The fourth-order valence-electron chi connectivity index (χ4n) is 1.28. The zero-order valence-electron chi connectivity index (χ0n) is 9.25. The largest absolute Gasteiger partial charge is 0.367 e. The molecular formula is C9H12N6O2. The van der Waals surface area contributed by atoms with Crippen molar-refractivity contribution in [2.24, 2.45) is 0 Å². The van der Waals surface area contributed by atoms with Gasteiger partial charge in [-0.25, -0.2) is 9.67 Å². The Morgan fingerprint density at radius 2 is 2.47 bits per heavy atom. The van der Waals surface area contributed by atoms with E-state index in [-0.39, 0.29) is 18.4 Å². The molecule has 8 heteroatoms. The topological polar surface area (TPSA) is 112 Å². The van der Waals surface area contributed by atoms with E-state index in [2.05, 4.69) is 20.6 Å². The fourth-order valence-corrected chi connectivity index (χ4v) is 1.28. The van der Waals surface area contributed by atoms with Crippen LogP contribution in [-0.2, 0) is 17.9 Å². The molecule has 0 fully saturated rings. The van der Waals surface area contributed by atoms with Gasteiger partial charge < -0.3 is 15.6 Å². The minimum atomic E-state index is -0.199. The van der Waals surface area contributed by atoms with E-state index in [1.54, 1.807) is 13.0 Å². The van der Waals surface area contributed by atoms with Gasteiger partial charge >= 0.3 is 0 Å². The summed E-state index contributed by atoms with van der Waals surface area (Å²) in [6.45, 7) is 2.18. The third-order valence-corrected chi connectivity index (χ3v) is 2.00. The van der Waals surface area contributed by atoms with Gasteiger partial charge in [0.05, 0.1) is 6.54 Å². The summed E-state index contributed by atoms with van der Waals surface area (Å²) in [6, 6.07) is 1.76. The molecule has 0 aliphatic rings. The second-order valence-electron chi connectivity index (χ2n) is 3.51. The van der Waals surface area contributed by atoms with Gasteiger partial charge in [-0.1, -0.05) is 5.16 Å². The lowest BCUT2D eigenvalue weighted by Crippen LogP contribution is -2.27. The van der Waals surface area contributed by atoms with Crippen LogP contribution in [0.3, 0.4) is 0 Å². The second-order valence-corrected chi connectivity index (χ2v) is 3.51. The molecule has 0 atom stereocenters. The van der Waals surface area contributed by atoms with Crippen LogP contribution in [0.5, 0.6) is 0 Å². The molecule has 3 N–H and O–H groups in total. The molecule has 0 saturated carbocycles. The SMILES string of the molecule is Cc1cc(CNC(=O)Cn2cnc(N)n2)no1. The van der Waals surface area contributed by atoms with Crippen molar-refractivity contribution >= 4 is 11.9 Å². The summed E-state index contributed by atoms with van der Waals surface area (Å²) >= 11 is 0. The summed E-state index contributed by atoms with van der Waals surface area (Å²) in [6.07, 6.45) is 1.40. The number of nitrogens with two attached hydrogens (primary N) is 1. The lowest BCUT2D eigenvalue weighted by atomic mass is 10.4. The van der Waals surface area contributed by atoms with Gasteiger partial charge in [0.2, 0.25) is 11.9 Å². The predicted molar refractivity (Wildman–Crippen MR) is 57.5 cm³/mol. The van der Waals surface area contributed by atoms with Gasteiger partial charge in [-0.2, -0.15) is 0 Å². The number of nitrogen functional groups attached to an aromatic ring is 1. The van der Waals surface area contributed by atoms with Crippen LogP contribution in [0, 0.1) is 6.92 Å². The van der Waals surface area contributed by atoms with Gasteiger partial charge in [-0.3, -0.25) is 4.79 Å². The van der Waals surface area contributed by atoms with Crippen LogP contribution in [0.25, 0.3) is 0 Å². The van der Waals surface area contributed by atoms with Gasteiger partial charge in [0.25, 0.3) is 0 Å². The maximum Gasteiger partial charge on any atom is 0.242 e. The third-order valence-electron chi connectivity index (χ3n) is 2.00. The molecule has 2 aromatic rings. The van der Waals surface area contributed by atoms with E-state index in [9.17, 15) is 4.79 Å². The molecule has 2 heterocycles. The molecule has 0 radical (unpaired) electrons. The Morgan fingerprint density at radius 3 is 3.06 bits per heavy atom. The Hall–Kier alpha value is -2.38. The molecule has 0 aromatic carbocycles. The molecule has 17 heavy (non-hydrogen) atoms. The molecule has 2 aromatic heterocycles. The summed E-state index contributed by atoms with van der Waals surface area (Å²) < 4.78 is 6.23. The molecule has 0 bridgehead atoms. The number of carbonyl (C=O) groups is 1. The molecule has 1 amide bonds. The highest BCUT2D eigenvalue weighted by atomic mass is 16.5. The van der Waals surface area contributed by atoms with Crippen molar-refractivity contribution in [3.63, 3.8) is 0 Å². The lowest BCUT2D eigenvalue weighted by Gasteiger charge is -2.01. The van der Waals surface area contributed by atoms with Gasteiger partial charge in [-0.15, -0.1) is 5.10 Å². The maximum absolute atomic E-state index is 11.5. The number of aromatic nitrogens is 4. The number of carbonyl (C=O) groups excluding carboxylic acids is 1. The average molecular weight is 236 g/mol. The highest BCUT2D eigenvalue weighted by molar-refractivity contribution is 5.75. The molecule has 0 spiro atoms. The second kappa shape index (κ2) is 4.64. The number of hydrogen-bond donors (Lipinski definition) is 2. The summed E-state index contributed by atoms with van der Waals surface area (Å²) in [5.41, 5.74) is 6.00. The third kappa shape index (κ3) is 3.03. The van der Waals surface area contributed by atoms with Crippen molar-refractivity contribution in [3.05, 3.63) is 23.8 Å². The van der Waals surface area contributed by atoms with Crippen molar-refractivity contribution in [2.75, 3.05) is 5.73 Å². The van der Waals surface area contributed by atoms with Crippen LogP contribution in [0.4, 0.5) is 5.95 Å². The predicted octanol–water partition coefficient (Wildman–Crippen LogP) is -0.527. The number of nitrogens with one attached hydrogen (secondary N) is 1. The lowest BCUT2D eigenvalue weighted by molar-refractivity contribution is -0.122. The summed E-state index contributed by atoms with van der Waals surface area (Å²) in [4.78, 5) is 15.2. The molecule has 2 rings (SSSR count).